The molecular weight excluding hydrogens is 393 g/mol. The van der Waals surface area contributed by atoms with Crippen molar-refractivity contribution in [1.82, 2.24) is 9.24 Å². The summed E-state index contributed by atoms with van der Waals surface area (Å²) >= 11 is 0. The molecule has 0 bridgehead atoms. The standard InChI is InChI=1S/C20H28FN5O4/c1-29-8-6-15(22)11-5-7-24(10-11)17-14(21)9-13-16(18(17)30-2)25(12-3-4-12)20(28)26(23)19(13)27/h9,11-12,15H,3-8,10,22-23H2,1-2H3. The number of ether oxygens (including phenoxy) is 2. The van der Waals surface area contributed by atoms with Gasteiger partial charge in [-0.2, -0.15) is 4.68 Å². The van der Waals surface area contributed by atoms with E-state index < -0.39 is 17.1 Å². The summed E-state index contributed by atoms with van der Waals surface area (Å²) in [5, 5.41) is 0.0367. The lowest BCUT2D eigenvalue weighted by molar-refractivity contribution is 0.180. The van der Waals surface area contributed by atoms with Gasteiger partial charge in [0, 0.05) is 38.9 Å². The van der Waals surface area contributed by atoms with Crippen molar-refractivity contribution in [2.75, 3.05) is 44.7 Å². The molecule has 164 valence electrons. The van der Waals surface area contributed by atoms with Crippen molar-refractivity contribution in [3.8, 4) is 5.75 Å². The van der Waals surface area contributed by atoms with Crippen molar-refractivity contribution in [3.63, 3.8) is 0 Å². The first-order chi connectivity index (χ1) is 14.4. The predicted molar refractivity (Wildman–Crippen MR) is 112 cm³/mol. The average molecular weight is 421 g/mol. The van der Waals surface area contributed by atoms with Crippen molar-refractivity contribution in [2.24, 2.45) is 11.7 Å². The molecule has 1 aliphatic heterocycles. The molecule has 2 heterocycles. The van der Waals surface area contributed by atoms with Crippen LogP contribution in [0, 0.1) is 11.7 Å². The van der Waals surface area contributed by atoms with E-state index in [1.807, 2.05) is 4.90 Å². The first kappa shape index (κ1) is 20.7. The van der Waals surface area contributed by atoms with E-state index in [-0.39, 0.29) is 34.8 Å². The second-order valence-electron chi connectivity index (χ2n) is 8.14. The monoisotopic (exact) mass is 421 g/mol. The first-order valence-corrected chi connectivity index (χ1v) is 10.2. The molecule has 1 aromatic heterocycles. The van der Waals surface area contributed by atoms with Crippen molar-refractivity contribution in [2.45, 2.75) is 37.8 Å². The quantitative estimate of drug-likeness (QED) is 0.627. The number of nitrogens with two attached hydrogens (primary N) is 2. The summed E-state index contributed by atoms with van der Waals surface area (Å²) in [6.07, 6.45) is 3.13. The summed E-state index contributed by atoms with van der Waals surface area (Å²) in [5.41, 5.74) is 5.50. The molecule has 4 N–H and O–H groups in total. The van der Waals surface area contributed by atoms with Gasteiger partial charge in [-0.25, -0.2) is 9.18 Å². The first-order valence-electron chi connectivity index (χ1n) is 10.2. The summed E-state index contributed by atoms with van der Waals surface area (Å²) in [6, 6.07) is 1.03. The molecule has 30 heavy (non-hydrogen) atoms. The van der Waals surface area contributed by atoms with Crippen molar-refractivity contribution < 1.29 is 13.9 Å². The maximum absolute atomic E-state index is 15.3. The second-order valence-corrected chi connectivity index (χ2v) is 8.14. The van der Waals surface area contributed by atoms with Crippen LogP contribution in [0.5, 0.6) is 5.75 Å². The van der Waals surface area contributed by atoms with Crippen LogP contribution in [0.2, 0.25) is 0 Å². The van der Waals surface area contributed by atoms with Gasteiger partial charge in [-0.05, 0) is 37.7 Å². The topological polar surface area (TPSA) is 118 Å². The molecule has 0 radical (unpaired) electrons. The number of anilines is 1. The maximum Gasteiger partial charge on any atom is 0.350 e. The molecule has 1 saturated heterocycles. The van der Waals surface area contributed by atoms with E-state index >= 15 is 4.39 Å². The highest BCUT2D eigenvalue weighted by Gasteiger charge is 2.35. The van der Waals surface area contributed by atoms with Gasteiger partial charge in [-0.1, -0.05) is 0 Å². The largest absolute Gasteiger partial charge is 0.492 e. The minimum absolute atomic E-state index is 0.0367. The highest BCUT2D eigenvalue weighted by Crippen LogP contribution is 2.43. The van der Waals surface area contributed by atoms with E-state index in [4.69, 9.17) is 21.1 Å². The molecule has 10 heteroatoms. The van der Waals surface area contributed by atoms with Gasteiger partial charge in [0.25, 0.3) is 5.56 Å². The zero-order valence-corrected chi connectivity index (χ0v) is 17.3. The fourth-order valence-electron chi connectivity index (χ4n) is 4.43. The molecule has 2 atom stereocenters. The third-order valence-electron chi connectivity index (χ3n) is 6.20. The molecule has 0 spiro atoms. The highest BCUT2D eigenvalue weighted by atomic mass is 19.1. The summed E-state index contributed by atoms with van der Waals surface area (Å²) in [6.45, 7) is 1.74. The van der Waals surface area contributed by atoms with Gasteiger partial charge >= 0.3 is 5.69 Å². The number of aromatic nitrogens is 2. The summed E-state index contributed by atoms with van der Waals surface area (Å²) in [5.74, 6) is 5.48. The van der Waals surface area contributed by atoms with Crippen LogP contribution in [0.4, 0.5) is 10.1 Å². The minimum Gasteiger partial charge on any atom is -0.492 e. The molecular formula is C20H28FN5O4. The number of nitrogen functional groups attached to an aromatic ring is 1. The Morgan fingerprint density at radius 1 is 1.27 bits per heavy atom. The Hall–Kier alpha value is -2.59. The lowest BCUT2D eigenvalue weighted by atomic mass is 9.97. The third kappa shape index (κ3) is 3.33. The van der Waals surface area contributed by atoms with Crippen LogP contribution in [-0.4, -0.2) is 49.2 Å². The number of hydrogen-bond acceptors (Lipinski definition) is 7. The lowest BCUT2D eigenvalue weighted by Crippen LogP contribution is -2.44. The van der Waals surface area contributed by atoms with Crippen LogP contribution in [-0.2, 0) is 4.74 Å². The number of methoxy groups -OCH3 is 2. The number of benzene rings is 1. The van der Waals surface area contributed by atoms with E-state index in [1.54, 1.807) is 7.11 Å². The Bertz CT molecular complexity index is 1080. The fourth-order valence-corrected chi connectivity index (χ4v) is 4.43. The van der Waals surface area contributed by atoms with E-state index in [2.05, 4.69) is 0 Å². The number of nitrogens with zero attached hydrogens (tertiary/aromatic N) is 3. The lowest BCUT2D eigenvalue weighted by Gasteiger charge is -2.25. The van der Waals surface area contributed by atoms with E-state index in [0.717, 1.165) is 31.7 Å². The summed E-state index contributed by atoms with van der Waals surface area (Å²) < 4.78 is 28.0. The van der Waals surface area contributed by atoms with Gasteiger partial charge < -0.3 is 25.9 Å². The molecule has 1 saturated carbocycles. The molecule has 0 amide bonds. The molecule has 2 fully saturated rings. The van der Waals surface area contributed by atoms with Crippen molar-refractivity contribution in [3.05, 3.63) is 32.7 Å². The Morgan fingerprint density at radius 2 is 2.00 bits per heavy atom. The normalized spacial score (nSPS) is 20.1. The van der Waals surface area contributed by atoms with Crippen LogP contribution >= 0.6 is 0 Å². The number of hydrogen-bond donors (Lipinski definition) is 2. The molecule has 2 aliphatic rings. The zero-order chi connectivity index (χ0) is 21.6. The molecule has 1 aliphatic carbocycles. The minimum atomic E-state index is -0.739. The molecule has 2 unspecified atom stereocenters. The predicted octanol–water partition coefficient (Wildman–Crippen LogP) is 0.550. The van der Waals surface area contributed by atoms with E-state index in [9.17, 15) is 9.59 Å². The zero-order valence-electron chi connectivity index (χ0n) is 17.3. The Morgan fingerprint density at radius 3 is 2.63 bits per heavy atom. The average Bonchev–Trinajstić information content (AvgIpc) is 3.45. The highest BCUT2D eigenvalue weighted by molar-refractivity contribution is 5.91. The van der Waals surface area contributed by atoms with Crippen molar-refractivity contribution >= 4 is 16.6 Å². The fraction of sp³-hybridized carbons (Fsp3) is 0.600. The van der Waals surface area contributed by atoms with Crippen LogP contribution in [0.1, 0.15) is 31.7 Å². The van der Waals surface area contributed by atoms with Crippen molar-refractivity contribution in [1.29, 1.82) is 0 Å². The Balaban J connectivity index is 1.83. The van der Waals surface area contributed by atoms with Gasteiger partial charge in [-0.15, -0.1) is 0 Å². The number of rotatable bonds is 7. The summed E-state index contributed by atoms with van der Waals surface area (Å²) in [4.78, 5) is 27.2. The molecule has 4 rings (SSSR count). The van der Waals surface area contributed by atoms with Gasteiger partial charge in [0.2, 0.25) is 0 Å². The molecule has 9 nitrogen and oxygen atoms in total. The van der Waals surface area contributed by atoms with Gasteiger partial charge in [0.05, 0.1) is 12.5 Å². The van der Waals surface area contributed by atoms with Crippen LogP contribution in [0.25, 0.3) is 10.9 Å². The molecule has 2 aromatic rings. The third-order valence-corrected chi connectivity index (χ3v) is 6.20. The van der Waals surface area contributed by atoms with Gasteiger partial charge in [-0.3, -0.25) is 9.36 Å². The summed E-state index contributed by atoms with van der Waals surface area (Å²) in [7, 11) is 3.06. The smallest absolute Gasteiger partial charge is 0.350 e. The number of fused-ring (bicyclic) bond motifs is 1. The Labute approximate surface area is 172 Å². The van der Waals surface area contributed by atoms with Crippen LogP contribution in [0.15, 0.2) is 15.7 Å². The maximum atomic E-state index is 15.3. The molecule has 1 aromatic carbocycles. The van der Waals surface area contributed by atoms with Gasteiger partial charge in [0.1, 0.15) is 11.2 Å². The van der Waals surface area contributed by atoms with Gasteiger partial charge in [0.15, 0.2) is 11.6 Å². The van der Waals surface area contributed by atoms with E-state index in [0.29, 0.717) is 29.9 Å². The number of halogens is 1. The van der Waals surface area contributed by atoms with E-state index in [1.165, 1.54) is 11.7 Å². The Kier molecular flexibility index (Phi) is 5.46. The SMILES string of the molecule is COCCC(N)C1CCN(c2c(F)cc3c(=O)n(N)c(=O)n(C4CC4)c3c2OC)C1. The van der Waals surface area contributed by atoms with Crippen LogP contribution in [0.3, 0.4) is 0 Å². The second kappa shape index (κ2) is 7.92. The van der Waals surface area contributed by atoms with Crippen LogP contribution < -0.4 is 32.5 Å².